The van der Waals surface area contributed by atoms with E-state index in [0.717, 1.165) is 66.8 Å². The first kappa shape index (κ1) is 35.7. The molecule has 0 spiro atoms. The molecule has 2 heteroatoms. The Morgan fingerprint density at radius 1 is 0.274 bits per heavy atom. The first-order valence-corrected chi connectivity index (χ1v) is 21.3. The summed E-state index contributed by atoms with van der Waals surface area (Å²) in [5.74, 6) is 0. The minimum atomic E-state index is 0.863. The molecule has 0 bridgehead atoms. The smallest absolute Gasteiger partial charge is 0.145 e. The molecule has 2 nitrogen and oxygen atoms in total. The molecule has 0 radical (unpaired) electrons. The van der Waals surface area contributed by atoms with Crippen molar-refractivity contribution in [3.63, 3.8) is 0 Å². The van der Waals surface area contributed by atoms with Gasteiger partial charge in [-0.15, -0.1) is 0 Å². The topological polar surface area (TPSA) is 16.4 Å². The van der Waals surface area contributed by atoms with Crippen molar-refractivity contribution in [2.45, 2.75) is 0 Å². The molecule has 1 heterocycles. The third kappa shape index (κ3) is 5.96. The highest BCUT2D eigenvalue weighted by Crippen LogP contribution is 2.49. The van der Waals surface area contributed by atoms with Crippen molar-refractivity contribution in [3.05, 3.63) is 237 Å². The molecule has 0 aliphatic rings. The monoisotopic (exact) mass is 789 g/mol. The van der Waals surface area contributed by atoms with E-state index in [2.05, 4.69) is 241 Å². The van der Waals surface area contributed by atoms with Crippen LogP contribution in [0.25, 0.3) is 98.8 Å². The maximum atomic E-state index is 6.84. The quantitative estimate of drug-likeness (QED) is 0.150. The number of furan rings is 1. The zero-order chi connectivity index (χ0) is 41.0. The Kier molecular flexibility index (Phi) is 8.53. The molecule has 0 saturated heterocycles. The van der Waals surface area contributed by atoms with Gasteiger partial charge in [0.1, 0.15) is 11.2 Å². The SMILES string of the molecule is c1ccc(-c2ccc(-c3ccccc3N(c3cccc(-c4ccc5c6ccccc6c6ccccc6c5c4)c3)c3ccc(-c4ccccc4)c4oc5ccccc5c34)cc2)cc1. The van der Waals surface area contributed by atoms with Crippen molar-refractivity contribution in [2.75, 3.05) is 4.90 Å². The Morgan fingerprint density at radius 2 is 0.774 bits per heavy atom. The Balaban J connectivity index is 1.09. The number of anilines is 3. The molecule has 0 N–H and O–H groups in total. The van der Waals surface area contributed by atoms with E-state index >= 15 is 0 Å². The number of rotatable bonds is 7. The molecular weight excluding hydrogens is 751 g/mol. The van der Waals surface area contributed by atoms with Gasteiger partial charge in [0.05, 0.1) is 16.8 Å². The minimum Gasteiger partial charge on any atom is -0.455 e. The summed E-state index contributed by atoms with van der Waals surface area (Å²) in [5.41, 5.74) is 14.1. The van der Waals surface area contributed by atoms with Crippen molar-refractivity contribution in [2.24, 2.45) is 0 Å². The van der Waals surface area contributed by atoms with Gasteiger partial charge < -0.3 is 9.32 Å². The second kappa shape index (κ2) is 14.8. The molecule has 0 aliphatic heterocycles. The van der Waals surface area contributed by atoms with Crippen LogP contribution < -0.4 is 4.90 Å². The molecule has 1 aromatic heterocycles. The van der Waals surface area contributed by atoms with E-state index < -0.39 is 0 Å². The van der Waals surface area contributed by atoms with Gasteiger partial charge in [0.15, 0.2) is 0 Å². The van der Waals surface area contributed by atoms with E-state index in [1.165, 1.54) is 49.0 Å². The molecule has 11 aromatic carbocycles. The van der Waals surface area contributed by atoms with Crippen LogP contribution >= 0.6 is 0 Å². The number of benzene rings is 11. The molecule has 12 rings (SSSR count). The molecule has 290 valence electrons. The van der Waals surface area contributed by atoms with Crippen LogP contribution in [0.4, 0.5) is 17.1 Å². The second-order valence-electron chi connectivity index (χ2n) is 16.0. The molecular formula is C60H39NO. The van der Waals surface area contributed by atoms with Gasteiger partial charge in [-0.1, -0.05) is 194 Å². The van der Waals surface area contributed by atoms with Crippen LogP contribution in [0.15, 0.2) is 241 Å². The van der Waals surface area contributed by atoms with E-state index in [4.69, 9.17) is 4.42 Å². The van der Waals surface area contributed by atoms with Crippen molar-refractivity contribution in [1.82, 2.24) is 0 Å². The zero-order valence-corrected chi connectivity index (χ0v) is 33.9. The normalized spacial score (nSPS) is 11.5. The van der Waals surface area contributed by atoms with E-state index in [1.807, 2.05) is 0 Å². The summed E-state index contributed by atoms with van der Waals surface area (Å²) < 4.78 is 6.84. The number of fused-ring (bicyclic) bond motifs is 9. The number of nitrogens with zero attached hydrogens (tertiary/aromatic N) is 1. The molecule has 0 fully saturated rings. The van der Waals surface area contributed by atoms with Crippen LogP contribution in [0.3, 0.4) is 0 Å². The van der Waals surface area contributed by atoms with Gasteiger partial charge in [0.2, 0.25) is 0 Å². The number of hydrogen-bond acceptors (Lipinski definition) is 2. The minimum absolute atomic E-state index is 0.863. The van der Waals surface area contributed by atoms with Crippen LogP contribution in [-0.2, 0) is 0 Å². The molecule has 12 aromatic rings. The number of para-hydroxylation sites is 2. The first-order valence-electron chi connectivity index (χ1n) is 21.3. The summed E-state index contributed by atoms with van der Waals surface area (Å²) in [6.45, 7) is 0. The number of hydrogen-bond donors (Lipinski definition) is 0. The molecule has 0 amide bonds. The lowest BCUT2D eigenvalue weighted by atomic mass is 9.92. The molecule has 0 atom stereocenters. The van der Waals surface area contributed by atoms with Crippen LogP contribution in [0.1, 0.15) is 0 Å². The Bertz CT molecular complexity index is 3590. The van der Waals surface area contributed by atoms with E-state index in [-0.39, 0.29) is 0 Å². The first-order chi connectivity index (χ1) is 30.8. The third-order valence-corrected chi connectivity index (χ3v) is 12.5. The molecule has 0 aliphatic carbocycles. The Hall–Kier alpha value is -8.20. The largest absolute Gasteiger partial charge is 0.455 e. The fraction of sp³-hybridized carbons (Fsp3) is 0. The molecule has 62 heavy (non-hydrogen) atoms. The highest BCUT2D eigenvalue weighted by Gasteiger charge is 2.24. The summed E-state index contributed by atoms with van der Waals surface area (Å²) in [6, 6.07) is 85.4. The van der Waals surface area contributed by atoms with E-state index in [9.17, 15) is 0 Å². The second-order valence-corrected chi connectivity index (χ2v) is 16.0. The fourth-order valence-electron chi connectivity index (χ4n) is 9.55. The van der Waals surface area contributed by atoms with Gasteiger partial charge in [-0.05, 0) is 108 Å². The summed E-state index contributed by atoms with van der Waals surface area (Å²) in [5, 5.41) is 9.77. The van der Waals surface area contributed by atoms with Gasteiger partial charge in [0, 0.05) is 22.2 Å². The summed E-state index contributed by atoms with van der Waals surface area (Å²) >= 11 is 0. The Labute approximate surface area is 360 Å². The molecule has 0 unspecified atom stereocenters. The highest BCUT2D eigenvalue weighted by atomic mass is 16.3. The average molecular weight is 790 g/mol. The lowest BCUT2D eigenvalue weighted by molar-refractivity contribution is 0.670. The summed E-state index contributed by atoms with van der Waals surface area (Å²) in [7, 11) is 0. The van der Waals surface area contributed by atoms with Crippen LogP contribution in [0.2, 0.25) is 0 Å². The maximum Gasteiger partial charge on any atom is 0.145 e. The van der Waals surface area contributed by atoms with E-state index in [1.54, 1.807) is 0 Å². The van der Waals surface area contributed by atoms with Gasteiger partial charge in [-0.2, -0.15) is 0 Å². The lowest BCUT2D eigenvalue weighted by Gasteiger charge is -2.29. The van der Waals surface area contributed by atoms with Crippen molar-refractivity contribution >= 4 is 71.3 Å². The van der Waals surface area contributed by atoms with Crippen molar-refractivity contribution < 1.29 is 4.42 Å². The summed E-state index contributed by atoms with van der Waals surface area (Å²) in [4.78, 5) is 2.44. The van der Waals surface area contributed by atoms with Gasteiger partial charge in [0.25, 0.3) is 0 Å². The van der Waals surface area contributed by atoms with E-state index in [0.29, 0.717) is 0 Å². The fourth-order valence-corrected chi connectivity index (χ4v) is 9.55. The lowest BCUT2D eigenvalue weighted by Crippen LogP contribution is -2.12. The van der Waals surface area contributed by atoms with Crippen molar-refractivity contribution in [3.8, 4) is 44.5 Å². The zero-order valence-electron chi connectivity index (χ0n) is 33.9. The predicted molar refractivity (Wildman–Crippen MR) is 263 cm³/mol. The maximum absolute atomic E-state index is 6.84. The Morgan fingerprint density at radius 3 is 1.50 bits per heavy atom. The molecule has 0 saturated carbocycles. The van der Waals surface area contributed by atoms with Gasteiger partial charge in [-0.3, -0.25) is 0 Å². The summed E-state index contributed by atoms with van der Waals surface area (Å²) in [6.07, 6.45) is 0. The van der Waals surface area contributed by atoms with Gasteiger partial charge >= 0.3 is 0 Å². The third-order valence-electron chi connectivity index (χ3n) is 12.5. The standard InChI is InChI=1S/C60H39NO/c1-3-16-40(17-4-1)41-30-32-43(33-31-41)47-22-11-13-28-56(47)61(57-37-36-48(42-18-5-2-6-19-42)60-59(57)54-27-12-14-29-58(54)62-60)46-21-15-20-44(38-46)45-34-35-53-51-25-8-7-23-49(51)50-24-9-10-26-52(50)55(53)39-45/h1-39H. The van der Waals surface area contributed by atoms with Crippen LogP contribution in [0, 0.1) is 0 Å². The average Bonchev–Trinajstić information content (AvgIpc) is 3.75. The van der Waals surface area contributed by atoms with Crippen LogP contribution in [0.5, 0.6) is 0 Å². The van der Waals surface area contributed by atoms with Gasteiger partial charge in [-0.25, -0.2) is 0 Å². The van der Waals surface area contributed by atoms with Crippen molar-refractivity contribution in [1.29, 1.82) is 0 Å². The predicted octanol–water partition coefficient (Wildman–Crippen LogP) is 17.2. The van der Waals surface area contributed by atoms with Crippen LogP contribution in [-0.4, -0.2) is 0 Å². The highest BCUT2D eigenvalue weighted by molar-refractivity contribution is 6.26.